The smallest absolute Gasteiger partial charge is 0.308 e. The van der Waals surface area contributed by atoms with Gasteiger partial charge in [0.15, 0.2) is 69.9 Å². The molecule has 0 N–H and O–H groups in total. The number of benzene rings is 14. The van der Waals surface area contributed by atoms with E-state index in [1.54, 1.807) is 21.3 Å². The van der Waals surface area contributed by atoms with Crippen LogP contribution in [0.1, 0.15) is 5.56 Å². The van der Waals surface area contributed by atoms with Gasteiger partial charge >= 0.3 is 6.18 Å². The molecule has 0 atom stereocenters. The molecule has 0 aliphatic carbocycles. The van der Waals surface area contributed by atoms with Crippen molar-refractivity contribution in [1.29, 1.82) is 0 Å². The fraction of sp³-hybridized carbons (Fsp3) is 0.00980. The molecule has 566 valence electrons. The maximum absolute atomic E-state index is 18.8. The third-order valence-corrected chi connectivity index (χ3v) is 21.3. The van der Waals surface area contributed by atoms with Crippen LogP contribution in [0.5, 0.6) is 0 Å². The van der Waals surface area contributed by atoms with Gasteiger partial charge in [0.05, 0.1) is 44.8 Å². The number of nitrogens with zero attached hydrogens (tertiary/aromatic N) is 15. The number of pyridine rings is 1. The summed E-state index contributed by atoms with van der Waals surface area (Å²) in [6.45, 7) is 0. The molecule has 21 rings (SSSR count). The summed E-state index contributed by atoms with van der Waals surface area (Å²) in [4.78, 5) is 67.2. The van der Waals surface area contributed by atoms with Gasteiger partial charge in [0, 0.05) is 99.4 Å². The molecule has 120 heavy (non-hydrogen) atoms. The summed E-state index contributed by atoms with van der Waals surface area (Å²) in [6.07, 6.45) is -5.18. The molecule has 0 saturated carbocycles. The Kier molecular flexibility index (Phi) is 17.9. The molecule has 0 unspecified atom stereocenters. The largest absolute Gasteiger partial charge is 0.420 e. The average molecular weight is 1550 g/mol. The lowest BCUT2D eigenvalue weighted by atomic mass is 10.0. The molecule has 18 heteroatoms. The number of hydrogen-bond acceptors (Lipinski definition) is 13. The molecule has 0 aliphatic rings. The van der Waals surface area contributed by atoms with Gasteiger partial charge in [0.25, 0.3) is 0 Å². The van der Waals surface area contributed by atoms with E-state index in [-0.39, 0.29) is 34.7 Å². The molecule has 0 fully saturated rings. The van der Waals surface area contributed by atoms with Gasteiger partial charge in [-0.05, 0) is 48.5 Å². The van der Waals surface area contributed by atoms with E-state index in [0.717, 1.165) is 50.1 Å². The Bertz CT molecular complexity index is 6480. The second-order valence-corrected chi connectivity index (χ2v) is 28.9. The van der Waals surface area contributed by atoms with Crippen LogP contribution in [0.25, 0.3) is 214 Å². The molecule has 7 heterocycles. The molecule has 21 aromatic rings. The molecule has 0 aliphatic heterocycles. The second kappa shape index (κ2) is 30.1. The second-order valence-electron chi connectivity index (χ2n) is 28.9. The number of hydrogen-bond donors (Lipinski definition) is 0. The summed E-state index contributed by atoms with van der Waals surface area (Å²) in [7, 11) is 0. The average Bonchev–Trinajstić information content (AvgIpc) is 1.47. The van der Waals surface area contributed by atoms with E-state index in [1.165, 1.54) is 0 Å². The van der Waals surface area contributed by atoms with Crippen LogP contribution in [0.4, 0.5) is 13.2 Å². The van der Waals surface area contributed by atoms with Crippen LogP contribution in [-0.4, -0.2) is 73.9 Å². The number of halogens is 3. The van der Waals surface area contributed by atoms with Crippen LogP contribution in [0, 0.1) is 0 Å². The minimum atomic E-state index is -5.18. The SMILES string of the molecule is FC(F)(F)c1c(-n2c3cc(-c4nc(-c5ccccc5)nc(-c5ccccc5)n4)ccc3c3ccc(-c4nc(-c5ccccc5)nc(-c5ccccc5)n4)cc32)cc(-c2cccc(-c3ccccc3)n2)cc1-n1c2cc(-c3nc(-c4ccccc4)nc(-c4ccccc4)n3)ccc2c2ccc(-c3nc(-c4ccccc4)nc(-c4ccccc4)n3)cc21. The van der Waals surface area contributed by atoms with E-state index in [2.05, 4.69) is 0 Å². The molecule has 7 aromatic heterocycles. The summed E-state index contributed by atoms with van der Waals surface area (Å²) in [6, 6.07) is 119. The van der Waals surface area contributed by atoms with Crippen molar-refractivity contribution < 1.29 is 13.2 Å². The van der Waals surface area contributed by atoms with Crippen molar-refractivity contribution in [2.45, 2.75) is 6.18 Å². The van der Waals surface area contributed by atoms with Gasteiger partial charge < -0.3 is 9.13 Å². The first kappa shape index (κ1) is 71.4. The predicted octanol–water partition coefficient (Wildman–Crippen LogP) is 24.4. The zero-order chi connectivity index (χ0) is 80.2. The Morgan fingerprint density at radius 1 is 0.167 bits per heavy atom. The zero-order valence-corrected chi connectivity index (χ0v) is 63.6. The standard InChI is InChI=1S/C102H62F3N15/c103-102(104,105)89-87(119-83-57-72(98-111-90(64-31-12-2-13-32-64)107-91(112-98)65-33-14-3-15-34-65)49-53-77(83)78-54-50-73(58-84(78)119)99-113-92(66-35-16-4-17-36-66)108-93(114-99)67-37-18-5-19-38-67)61-76(82-48-28-47-81(106-82)63-29-10-1-11-30-63)62-88(89)120-85-59-74(100-115-94(68-39-20-6-21-40-68)109-95(116-100)69-41-22-7-23-42-69)51-55-79(85)80-56-52-75(60-86(80)120)101-117-96(70-43-24-8-25-44-70)110-97(118-101)71-45-26-9-27-46-71/h1-62H. The zero-order valence-electron chi connectivity index (χ0n) is 63.6. The molecule has 0 spiro atoms. The van der Waals surface area contributed by atoms with Crippen LogP contribution >= 0.6 is 0 Å². The van der Waals surface area contributed by atoms with E-state index >= 15 is 13.2 Å². The van der Waals surface area contributed by atoms with Gasteiger partial charge in [-0.15, -0.1) is 0 Å². The summed E-state index contributed by atoms with van der Waals surface area (Å²) >= 11 is 0. The Morgan fingerprint density at radius 2 is 0.358 bits per heavy atom. The number of aromatic nitrogens is 15. The van der Waals surface area contributed by atoms with Crippen LogP contribution in [0.3, 0.4) is 0 Å². The van der Waals surface area contributed by atoms with E-state index in [4.69, 9.17) is 64.8 Å². The first-order valence-electron chi connectivity index (χ1n) is 39.0. The van der Waals surface area contributed by atoms with Crippen LogP contribution < -0.4 is 0 Å². The molecule has 0 amide bonds. The molecule has 0 saturated heterocycles. The van der Waals surface area contributed by atoms with Gasteiger partial charge in [-0.1, -0.05) is 328 Å². The molecule has 0 radical (unpaired) electrons. The fourth-order valence-corrected chi connectivity index (χ4v) is 15.6. The third-order valence-electron chi connectivity index (χ3n) is 21.3. The van der Waals surface area contributed by atoms with Crippen LogP contribution in [-0.2, 0) is 6.18 Å². The molecular formula is C102H62F3N15. The topological polar surface area (TPSA) is 177 Å². The minimum absolute atomic E-state index is 0.246. The van der Waals surface area contributed by atoms with Crippen LogP contribution in [0.15, 0.2) is 376 Å². The Morgan fingerprint density at radius 3 is 0.567 bits per heavy atom. The highest BCUT2D eigenvalue weighted by Crippen LogP contribution is 2.49. The van der Waals surface area contributed by atoms with Crippen LogP contribution in [0.2, 0.25) is 0 Å². The number of rotatable bonds is 16. The molecular weight excluding hydrogens is 1490 g/mol. The van der Waals surface area contributed by atoms with Gasteiger partial charge in [-0.3, -0.25) is 0 Å². The quantitative estimate of drug-likeness (QED) is 0.0893. The van der Waals surface area contributed by atoms with Crippen molar-refractivity contribution in [3.8, 4) is 171 Å². The lowest BCUT2D eigenvalue weighted by Crippen LogP contribution is -2.16. The number of fused-ring (bicyclic) bond motifs is 6. The van der Waals surface area contributed by atoms with Crippen molar-refractivity contribution in [2.24, 2.45) is 0 Å². The van der Waals surface area contributed by atoms with Crippen molar-refractivity contribution in [3.05, 3.63) is 382 Å². The third kappa shape index (κ3) is 13.6. The summed E-state index contributed by atoms with van der Waals surface area (Å²) in [5.41, 5.74) is 10.1. The molecule has 15 nitrogen and oxygen atoms in total. The van der Waals surface area contributed by atoms with Gasteiger partial charge in [-0.25, -0.2) is 64.8 Å². The van der Waals surface area contributed by atoms with Crippen molar-refractivity contribution in [3.63, 3.8) is 0 Å². The predicted molar refractivity (Wildman–Crippen MR) is 468 cm³/mol. The fourth-order valence-electron chi connectivity index (χ4n) is 15.6. The first-order valence-corrected chi connectivity index (χ1v) is 39.0. The highest BCUT2D eigenvalue weighted by Gasteiger charge is 2.40. The first-order chi connectivity index (χ1) is 59.1. The lowest BCUT2D eigenvalue weighted by Gasteiger charge is -2.23. The minimum Gasteiger partial charge on any atom is -0.308 e. The van der Waals surface area contributed by atoms with E-state index < -0.39 is 11.7 Å². The monoisotopic (exact) mass is 1550 g/mol. The van der Waals surface area contributed by atoms with Crippen molar-refractivity contribution >= 4 is 43.6 Å². The molecule has 0 bridgehead atoms. The maximum atomic E-state index is 18.8. The Hall–Kier alpha value is -16.3. The Labute approximate surface area is 685 Å². The van der Waals surface area contributed by atoms with Gasteiger partial charge in [0.1, 0.15) is 5.56 Å². The van der Waals surface area contributed by atoms with Gasteiger partial charge in [0.2, 0.25) is 0 Å². The number of alkyl halides is 3. The molecule has 14 aromatic carbocycles. The summed E-state index contributed by atoms with van der Waals surface area (Å²) in [5.74, 6) is 4.36. The normalized spacial score (nSPS) is 11.6. The van der Waals surface area contributed by atoms with Gasteiger partial charge in [-0.2, -0.15) is 13.2 Å². The Balaban J connectivity index is 0.894. The highest BCUT2D eigenvalue weighted by molar-refractivity contribution is 6.13. The van der Waals surface area contributed by atoms with Crippen molar-refractivity contribution in [2.75, 3.05) is 0 Å². The van der Waals surface area contributed by atoms with Crippen molar-refractivity contribution in [1.82, 2.24) is 73.9 Å². The lowest BCUT2D eigenvalue weighted by molar-refractivity contribution is -0.137. The summed E-state index contributed by atoms with van der Waals surface area (Å²) < 4.78 is 59.8. The van der Waals surface area contributed by atoms with E-state index in [1.807, 2.05) is 364 Å². The maximum Gasteiger partial charge on any atom is 0.420 e. The summed E-state index contributed by atoms with van der Waals surface area (Å²) in [5, 5.41) is 2.47. The highest BCUT2D eigenvalue weighted by atomic mass is 19.4. The van der Waals surface area contributed by atoms with E-state index in [9.17, 15) is 0 Å². The van der Waals surface area contributed by atoms with E-state index in [0.29, 0.717) is 129 Å².